The lowest BCUT2D eigenvalue weighted by Gasteiger charge is -2.31. The van der Waals surface area contributed by atoms with E-state index < -0.39 is 0 Å². The van der Waals surface area contributed by atoms with Crippen LogP contribution in [0.3, 0.4) is 0 Å². The second-order valence-electron chi connectivity index (χ2n) is 5.04. The van der Waals surface area contributed by atoms with Crippen molar-refractivity contribution in [1.29, 1.82) is 0 Å². The average Bonchev–Trinajstić information content (AvgIpc) is 2.87. The van der Waals surface area contributed by atoms with Crippen molar-refractivity contribution in [3.8, 4) is 0 Å². The first-order valence-corrected chi connectivity index (χ1v) is 7.18. The van der Waals surface area contributed by atoms with E-state index in [1.165, 1.54) is 11.5 Å². The number of hydrogen-bond acceptors (Lipinski definition) is 5. The third-order valence-corrected chi connectivity index (χ3v) is 4.16. The fourth-order valence-electron chi connectivity index (χ4n) is 2.24. The maximum absolute atomic E-state index is 12.5. The fourth-order valence-corrected chi connectivity index (χ4v) is 3.05. The summed E-state index contributed by atoms with van der Waals surface area (Å²) < 4.78 is 3.92. The van der Waals surface area contributed by atoms with Gasteiger partial charge in [0.05, 0.1) is 5.69 Å². The molecule has 6 heteroatoms. The SMILES string of the molecule is CC(C)c1nnsc1C(=O)N(C)C1CCNCC1. The number of rotatable bonds is 3. The summed E-state index contributed by atoms with van der Waals surface area (Å²) in [7, 11) is 1.89. The summed E-state index contributed by atoms with van der Waals surface area (Å²) in [6.07, 6.45) is 2.04. The first-order valence-electron chi connectivity index (χ1n) is 6.41. The minimum absolute atomic E-state index is 0.0700. The van der Waals surface area contributed by atoms with Crippen LogP contribution in [0.1, 0.15) is 48.0 Å². The van der Waals surface area contributed by atoms with Gasteiger partial charge >= 0.3 is 0 Å². The van der Waals surface area contributed by atoms with Crippen LogP contribution in [0, 0.1) is 0 Å². The highest BCUT2D eigenvalue weighted by Gasteiger charge is 2.27. The van der Waals surface area contributed by atoms with Crippen LogP contribution in [0.25, 0.3) is 0 Å². The molecule has 1 fully saturated rings. The summed E-state index contributed by atoms with van der Waals surface area (Å²) in [4.78, 5) is 15.0. The van der Waals surface area contributed by atoms with Gasteiger partial charge in [-0.15, -0.1) is 5.10 Å². The Bertz CT molecular complexity index is 412. The van der Waals surface area contributed by atoms with Crippen LogP contribution in [0.4, 0.5) is 0 Å². The lowest BCUT2D eigenvalue weighted by Crippen LogP contribution is -2.44. The maximum atomic E-state index is 12.5. The van der Waals surface area contributed by atoms with Crippen molar-refractivity contribution in [2.24, 2.45) is 0 Å². The molecule has 0 spiro atoms. The molecule has 0 saturated carbocycles. The Hall–Kier alpha value is -1.01. The number of carbonyl (C=O) groups excluding carboxylic acids is 1. The standard InChI is InChI=1S/C12H20N4OS/c1-8(2)10-11(18-15-14-10)12(17)16(3)9-4-6-13-7-5-9/h8-9,13H,4-7H2,1-3H3. The fraction of sp³-hybridized carbons (Fsp3) is 0.750. The van der Waals surface area contributed by atoms with Crippen molar-refractivity contribution in [3.05, 3.63) is 10.6 Å². The van der Waals surface area contributed by atoms with E-state index in [1.54, 1.807) is 0 Å². The first kappa shape index (κ1) is 13.4. The predicted molar refractivity (Wildman–Crippen MR) is 72.0 cm³/mol. The highest BCUT2D eigenvalue weighted by atomic mass is 32.1. The van der Waals surface area contributed by atoms with E-state index in [4.69, 9.17) is 0 Å². The number of nitrogens with zero attached hydrogens (tertiary/aromatic N) is 3. The van der Waals surface area contributed by atoms with Crippen LogP contribution >= 0.6 is 11.5 Å². The molecule has 0 atom stereocenters. The normalized spacial score (nSPS) is 17.1. The van der Waals surface area contributed by atoms with Gasteiger partial charge in [-0.2, -0.15) is 0 Å². The van der Waals surface area contributed by atoms with Gasteiger partial charge in [0.1, 0.15) is 4.88 Å². The van der Waals surface area contributed by atoms with Crippen LogP contribution in [0.5, 0.6) is 0 Å². The molecule has 1 aromatic heterocycles. The molecule has 18 heavy (non-hydrogen) atoms. The van der Waals surface area contributed by atoms with Gasteiger partial charge in [0.15, 0.2) is 0 Å². The van der Waals surface area contributed by atoms with E-state index in [9.17, 15) is 4.79 Å². The second-order valence-corrected chi connectivity index (χ2v) is 5.79. The molecule has 0 aromatic carbocycles. The Morgan fingerprint density at radius 3 is 2.72 bits per heavy atom. The van der Waals surface area contributed by atoms with Gasteiger partial charge in [0, 0.05) is 13.1 Å². The van der Waals surface area contributed by atoms with Crippen LogP contribution < -0.4 is 5.32 Å². The molecular weight excluding hydrogens is 248 g/mol. The van der Waals surface area contributed by atoms with Gasteiger partial charge in [-0.25, -0.2) is 0 Å². The summed E-state index contributed by atoms with van der Waals surface area (Å²) in [5, 5.41) is 7.39. The molecule has 0 bridgehead atoms. The molecule has 2 heterocycles. The molecule has 0 aliphatic carbocycles. The van der Waals surface area contributed by atoms with Crippen LogP contribution in [0.2, 0.25) is 0 Å². The molecule has 0 unspecified atom stereocenters. The lowest BCUT2D eigenvalue weighted by molar-refractivity contribution is 0.0706. The third-order valence-electron chi connectivity index (χ3n) is 3.43. The van der Waals surface area contributed by atoms with E-state index in [-0.39, 0.29) is 11.8 Å². The van der Waals surface area contributed by atoms with Crippen molar-refractivity contribution in [1.82, 2.24) is 19.8 Å². The summed E-state index contributed by atoms with van der Waals surface area (Å²) in [6.45, 7) is 6.05. The highest BCUT2D eigenvalue weighted by Crippen LogP contribution is 2.23. The van der Waals surface area contributed by atoms with Crippen molar-refractivity contribution in [2.45, 2.75) is 38.6 Å². The largest absolute Gasteiger partial charge is 0.338 e. The van der Waals surface area contributed by atoms with E-state index in [1.807, 2.05) is 25.8 Å². The first-order chi connectivity index (χ1) is 8.61. The number of amides is 1. The van der Waals surface area contributed by atoms with E-state index in [2.05, 4.69) is 14.9 Å². The molecule has 1 aliphatic rings. The van der Waals surface area contributed by atoms with Crippen LogP contribution in [0.15, 0.2) is 0 Å². The van der Waals surface area contributed by atoms with Gasteiger partial charge in [-0.3, -0.25) is 4.79 Å². The Kier molecular flexibility index (Phi) is 4.29. The summed E-state index contributed by atoms with van der Waals surface area (Å²) in [5.74, 6) is 0.310. The minimum Gasteiger partial charge on any atom is -0.338 e. The molecule has 100 valence electrons. The van der Waals surface area contributed by atoms with Gasteiger partial charge in [0.25, 0.3) is 5.91 Å². The van der Waals surface area contributed by atoms with Crippen LogP contribution in [-0.4, -0.2) is 46.6 Å². The zero-order valence-corrected chi connectivity index (χ0v) is 12.0. The molecule has 1 amide bonds. The third kappa shape index (κ3) is 2.70. The molecule has 1 N–H and O–H groups in total. The quantitative estimate of drug-likeness (QED) is 0.902. The van der Waals surface area contributed by atoms with E-state index >= 15 is 0 Å². The average molecular weight is 268 g/mol. The minimum atomic E-state index is 0.0700. The number of piperidine rings is 1. The van der Waals surface area contributed by atoms with Gasteiger partial charge in [-0.05, 0) is 43.4 Å². The monoisotopic (exact) mass is 268 g/mol. The Balaban J connectivity index is 2.12. The zero-order valence-electron chi connectivity index (χ0n) is 11.1. The summed E-state index contributed by atoms with van der Waals surface area (Å²) in [6, 6.07) is 0.334. The smallest absolute Gasteiger partial charge is 0.267 e. The molecule has 2 rings (SSSR count). The van der Waals surface area contributed by atoms with Gasteiger partial charge < -0.3 is 10.2 Å². The van der Waals surface area contributed by atoms with Gasteiger partial charge in [0.2, 0.25) is 0 Å². The molecule has 1 aliphatic heterocycles. The number of carbonyl (C=O) groups is 1. The summed E-state index contributed by atoms with van der Waals surface area (Å²) in [5.41, 5.74) is 0.825. The molecule has 5 nitrogen and oxygen atoms in total. The molecular formula is C12H20N4OS. The Morgan fingerprint density at radius 2 is 2.11 bits per heavy atom. The van der Waals surface area contributed by atoms with Crippen molar-refractivity contribution in [3.63, 3.8) is 0 Å². The zero-order chi connectivity index (χ0) is 13.1. The Morgan fingerprint density at radius 1 is 1.44 bits per heavy atom. The molecule has 1 aromatic rings. The van der Waals surface area contributed by atoms with Gasteiger partial charge in [-0.1, -0.05) is 18.3 Å². The van der Waals surface area contributed by atoms with Crippen molar-refractivity contribution < 1.29 is 4.79 Å². The topological polar surface area (TPSA) is 58.1 Å². The number of nitrogens with one attached hydrogen (secondary N) is 1. The van der Waals surface area contributed by atoms with Crippen molar-refractivity contribution in [2.75, 3.05) is 20.1 Å². The highest BCUT2D eigenvalue weighted by molar-refractivity contribution is 7.08. The van der Waals surface area contributed by atoms with E-state index in [0.29, 0.717) is 10.9 Å². The Labute approximate surface area is 112 Å². The predicted octanol–water partition coefficient (Wildman–Crippen LogP) is 1.49. The molecule has 1 saturated heterocycles. The van der Waals surface area contributed by atoms with Crippen LogP contribution in [-0.2, 0) is 0 Å². The maximum Gasteiger partial charge on any atom is 0.267 e. The number of hydrogen-bond donors (Lipinski definition) is 1. The number of aromatic nitrogens is 2. The van der Waals surface area contributed by atoms with E-state index in [0.717, 1.165) is 31.6 Å². The lowest BCUT2D eigenvalue weighted by atomic mass is 10.0. The second kappa shape index (κ2) is 5.75. The summed E-state index contributed by atoms with van der Waals surface area (Å²) >= 11 is 1.21. The van der Waals surface area contributed by atoms with Crippen molar-refractivity contribution >= 4 is 17.4 Å². The molecule has 0 radical (unpaired) electrons.